The van der Waals surface area contributed by atoms with Crippen LogP contribution >= 0.6 is 0 Å². The fourth-order valence-electron chi connectivity index (χ4n) is 3.22. The van der Waals surface area contributed by atoms with E-state index in [2.05, 4.69) is 11.8 Å². The van der Waals surface area contributed by atoms with Crippen LogP contribution in [0.25, 0.3) is 0 Å². The summed E-state index contributed by atoms with van der Waals surface area (Å²) in [5, 5.41) is 9.25. The van der Waals surface area contributed by atoms with Gasteiger partial charge in [0.2, 0.25) is 0 Å². The van der Waals surface area contributed by atoms with Crippen molar-refractivity contribution in [2.45, 2.75) is 25.9 Å². The molecule has 0 fully saturated rings. The van der Waals surface area contributed by atoms with Gasteiger partial charge in [-0.3, -0.25) is 0 Å². The van der Waals surface area contributed by atoms with Gasteiger partial charge < -0.3 is 19.3 Å². The predicted molar refractivity (Wildman–Crippen MR) is 126 cm³/mol. The van der Waals surface area contributed by atoms with Crippen LogP contribution in [0.15, 0.2) is 91.0 Å². The first-order chi connectivity index (χ1) is 15.8. The van der Waals surface area contributed by atoms with E-state index in [-0.39, 0.29) is 18.6 Å². The van der Waals surface area contributed by atoms with Crippen molar-refractivity contribution in [3.05, 3.63) is 108 Å². The van der Waals surface area contributed by atoms with E-state index in [1.807, 2.05) is 91.0 Å². The maximum Gasteiger partial charge on any atom is 0.104 e. The maximum atomic E-state index is 9.25. The molecule has 0 aliphatic carbocycles. The number of rotatable bonds is 12. The molecule has 0 saturated heterocycles. The Bertz CT molecular complexity index is 933. The lowest BCUT2D eigenvalue weighted by molar-refractivity contribution is -0.0642. The Morgan fingerprint density at radius 1 is 0.625 bits per heavy atom. The molecule has 2 atom stereocenters. The summed E-state index contributed by atoms with van der Waals surface area (Å²) in [6.07, 6.45) is -0.297. The molecule has 0 spiro atoms. The molecule has 4 heteroatoms. The molecule has 0 bridgehead atoms. The van der Waals surface area contributed by atoms with Gasteiger partial charge in [-0.25, -0.2) is 0 Å². The van der Waals surface area contributed by atoms with Crippen LogP contribution in [-0.2, 0) is 34.0 Å². The number of aliphatic hydroxyl groups is 1. The largest absolute Gasteiger partial charge is 0.384 e. The van der Waals surface area contributed by atoms with Gasteiger partial charge in [0.25, 0.3) is 0 Å². The van der Waals surface area contributed by atoms with Crippen LogP contribution in [0.4, 0.5) is 0 Å². The Morgan fingerprint density at radius 3 is 1.59 bits per heavy atom. The van der Waals surface area contributed by atoms with Crippen molar-refractivity contribution >= 4 is 0 Å². The molecule has 166 valence electrons. The lowest BCUT2D eigenvalue weighted by Crippen LogP contribution is -2.31. The summed E-state index contributed by atoms with van der Waals surface area (Å²) in [5.41, 5.74) is 3.29. The van der Waals surface area contributed by atoms with E-state index in [1.165, 1.54) is 0 Å². The lowest BCUT2D eigenvalue weighted by atomic mass is 10.0. The van der Waals surface area contributed by atoms with Crippen molar-refractivity contribution in [3.8, 4) is 11.8 Å². The molecule has 0 unspecified atom stereocenters. The van der Waals surface area contributed by atoms with Crippen molar-refractivity contribution in [2.24, 2.45) is 5.92 Å². The standard InChI is InChI=1S/C28H30O4/c29-18-10-17-27(22-30-19-24-11-4-1-5-12-24)28(32-21-26-15-8-3-9-16-26)23-31-20-25-13-6-2-7-14-25/h1-9,11-16,27-29H,18-23H2/t27-,28+/m1/s1. The van der Waals surface area contributed by atoms with Gasteiger partial charge in [0.1, 0.15) is 6.61 Å². The SMILES string of the molecule is OCC#C[C@H](COCc1ccccc1)[C@H](COCc1ccccc1)OCc1ccccc1. The van der Waals surface area contributed by atoms with Crippen LogP contribution in [0, 0.1) is 17.8 Å². The first-order valence-corrected chi connectivity index (χ1v) is 10.8. The maximum absolute atomic E-state index is 9.25. The highest BCUT2D eigenvalue weighted by Gasteiger charge is 2.22. The van der Waals surface area contributed by atoms with E-state index in [4.69, 9.17) is 14.2 Å². The highest BCUT2D eigenvalue weighted by atomic mass is 16.5. The smallest absolute Gasteiger partial charge is 0.104 e. The van der Waals surface area contributed by atoms with Crippen molar-refractivity contribution in [3.63, 3.8) is 0 Å². The van der Waals surface area contributed by atoms with Gasteiger partial charge in [0.05, 0.1) is 45.1 Å². The average Bonchev–Trinajstić information content (AvgIpc) is 2.85. The average molecular weight is 431 g/mol. The minimum absolute atomic E-state index is 0.203. The first-order valence-electron chi connectivity index (χ1n) is 10.8. The lowest BCUT2D eigenvalue weighted by Gasteiger charge is -2.24. The highest BCUT2D eigenvalue weighted by molar-refractivity contribution is 5.15. The molecule has 32 heavy (non-hydrogen) atoms. The fourth-order valence-corrected chi connectivity index (χ4v) is 3.22. The molecular formula is C28H30O4. The number of benzene rings is 3. The zero-order valence-corrected chi connectivity index (χ0v) is 18.2. The van der Waals surface area contributed by atoms with Crippen LogP contribution in [0.5, 0.6) is 0 Å². The quantitative estimate of drug-likeness (QED) is 0.426. The molecule has 3 aromatic rings. The van der Waals surface area contributed by atoms with E-state index in [9.17, 15) is 5.11 Å². The minimum Gasteiger partial charge on any atom is -0.384 e. The van der Waals surface area contributed by atoms with E-state index in [0.717, 1.165) is 16.7 Å². The van der Waals surface area contributed by atoms with Crippen LogP contribution < -0.4 is 0 Å². The van der Waals surface area contributed by atoms with Crippen LogP contribution in [0.1, 0.15) is 16.7 Å². The first kappa shape index (κ1) is 23.7. The van der Waals surface area contributed by atoms with Gasteiger partial charge in [0.15, 0.2) is 0 Å². The van der Waals surface area contributed by atoms with E-state index >= 15 is 0 Å². The molecule has 0 aromatic heterocycles. The molecule has 4 nitrogen and oxygen atoms in total. The second-order valence-corrected chi connectivity index (χ2v) is 7.42. The van der Waals surface area contributed by atoms with Gasteiger partial charge in [-0.1, -0.05) is 103 Å². The molecular weight excluding hydrogens is 400 g/mol. The third-order valence-corrected chi connectivity index (χ3v) is 4.92. The van der Waals surface area contributed by atoms with E-state index in [0.29, 0.717) is 33.0 Å². The monoisotopic (exact) mass is 430 g/mol. The van der Waals surface area contributed by atoms with Gasteiger partial charge in [-0.15, -0.1) is 0 Å². The summed E-state index contributed by atoms with van der Waals surface area (Å²) < 4.78 is 18.2. The fraction of sp³-hybridized carbons (Fsp3) is 0.286. The summed E-state index contributed by atoms with van der Waals surface area (Å²) >= 11 is 0. The number of ether oxygens (including phenoxy) is 3. The van der Waals surface area contributed by atoms with Crippen LogP contribution in [-0.4, -0.2) is 31.0 Å². The predicted octanol–water partition coefficient (Wildman–Crippen LogP) is 4.62. The Morgan fingerprint density at radius 2 is 1.09 bits per heavy atom. The summed E-state index contributed by atoms with van der Waals surface area (Å²) in [6.45, 7) is 2.00. The molecule has 1 N–H and O–H groups in total. The molecule has 0 amide bonds. The van der Waals surface area contributed by atoms with Crippen molar-refractivity contribution in [2.75, 3.05) is 19.8 Å². The Labute approximate surface area is 190 Å². The summed E-state index contributed by atoms with van der Waals surface area (Å²) in [4.78, 5) is 0. The van der Waals surface area contributed by atoms with Crippen molar-refractivity contribution in [1.82, 2.24) is 0 Å². The minimum atomic E-state index is -0.297. The van der Waals surface area contributed by atoms with Crippen LogP contribution in [0.2, 0.25) is 0 Å². The van der Waals surface area contributed by atoms with Gasteiger partial charge in [-0.05, 0) is 16.7 Å². The van der Waals surface area contributed by atoms with Gasteiger partial charge in [0, 0.05) is 0 Å². The number of aliphatic hydroxyl groups excluding tert-OH is 1. The highest BCUT2D eigenvalue weighted by Crippen LogP contribution is 2.15. The third kappa shape index (κ3) is 8.66. The Kier molecular flexibility index (Phi) is 10.5. The van der Waals surface area contributed by atoms with E-state index < -0.39 is 0 Å². The van der Waals surface area contributed by atoms with E-state index in [1.54, 1.807) is 0 Å². The molecule has 3 aromatic carbocycles. The molecule has 0 saturated carbocycles. The normalized spacial score (nSPS) is 12.5. The summed E-state index contributed by atoms with van der Waals surface area (Å²) in [7, 11) is 0. The number of hydrogen-bond acceptors (Lipinski definition) is 4. The topological polar surface area (TPSA) is 47.9 Å². The number of hydrogen-bond donors (Lipinski definition) is 1. The van der Waals surface area contributed by atoms with Gasteiger partial charge in [-0.2, -0.15) is 0 Å². The van der Waals surface area contributed by atoms with Crippen molar-refractivity contribution in [1.29, 1.82) is 0 Å². The second kappa shape index (κ2) is 14.2. The zero-order valence-electron chi connectivity index (χ0n) is 18.2. The molecule has 0 aliphatic rings. The Hall–Kier alpha value is -2.94. The third-order valence-electron chi connectivity index (χ3n) is 4.92. The Balaban J connectivity index is 1.63. The zero-order chi connectivity index (χ0) is 22.3. The molecule has 0 radical (unpaired) electrons. The summed E-state index contributed by atoms with van der Waals surface area (Å²) in [5.74, 6) is 5.65. The molecule has 0 aliphatic heterocycles. The van der Waals surface area contributed by atoms with Crippen molar-refractivity contribution < 1.29 is 19.3 Å². The molecule has 0 heterocycles. The van der Waals surface area contributed by atoms with Gasteiger partial charge >= 0.3 is 0 Å². The molecule has 3 rings (SSSR count). The summed E-state index contributed by atoms with van der Waals surface area (Å²) in [6, 6.07) is 30.1. The second-order valence-electron chi connectivity index (χ2n) is 7.42. The van der Waals surface area contributed by atoms with Crippen LogP contribution in [0.3, 0.4) is 0 Å².